The van der Waals surface area contributed by atoms with Crippen LogP contribution in [0.15, 0.2) is 48.5 Å². The molecule has 0 radical (unpaired) electrons. The summed E-state index contributed by atoms with van der Waals surface area (Å²) in [4.78, 5) is 13.6. The van der Waals surface area contributed by atoms with Gasteiger partial charge in [-0.05, 0) is 41.8 Å². The number of carbonyl (C=O) groups is 1. The van der Waals surface area contributed by atoms with Crippen LogP contribution in [0.25, 0.3) is 0 Å². The van der Waals surface area contributed by atoms with Crippen LogP contribution >= 0.6 is 0 Å². The average Bonchev–Trinajstić information content (AvgIpc) is 2.48. The highest BCUT2D eigenvalue weighted by atomic mass is 19.1. The van der Waals surface area contributed by atoms with E-state index in [0.717, 1.165) is 11.1 Å². The van der Waals surface area contributed by atoms with E-state index in [1.54, 1.807) is 36.2 Å². The molecule has 0 unspecified atom stereocenters. The molecule has 2 aromatic rings. The first-order valence-electron chi connectivity index (χ1n) is 6.77. The van der Waals surface area contributed by atoms with Crippen molar-refractivity contribution in [3.63, 3.8) is 0 Å². The molecule has 0 fully saturated rings. The van der Waals surface area contributed by atoms with Gasteiger partial charge in [0.2, 0.25) is 5.91 Å². The highest BCUT2D eigenvalue weighted by Gasteiger charge is 2.09. The van der Waals surface area contributed by atoms with Crippen molar-refractivity contribution in [2.24, 2.45) is 0 Å². The van der Waals surface area contributed by atoms with Crippen LogP contribution in [-0.4, -0.2) is 17.9 Å². The Morgan fingerprint density at radius 3 is 1.90 bits per heavy atom. The predicted octanol–water partition coefficient (Wildman–Crippen LogP) is 3.56. The normalized spacial score (nSPS) is 10.4. The lowest BCUT2D eigenvalue weighted by atomic mass is 10.1. The second-order valence-corrected chi connectivity index (χ2v) is 5.00. The molecule has 0 spiro atoms. The fourth-order valence-corrected chi connectivity index (χ4v) is 2.05. The molecule has 4 heteroatoms. The predicted molar refractivity (Wildman–Crippen MR) is 77.6 cm³/mol. The molecule has 1 amide bonds. The molecule has 21 heavy (non-hydrogen) atoms. The van der Waals surface area contributed by atoms with E-state index in [2.05, 4.69) is 0 Å². The van der Waals surface area contributed by atoms with Crippen LogP contribution in [-0.2, 0) is 17.8 Å². The molecule has 0 atom stereocenters. The molecule has 110 valence electrons. The van der Waals surface area contributed by atoms with E-state index >= 15 is 0 Å². The Bertz CT molecular complexity index is 593. The smallest absolute Gasteiger partial charge is 0.222 e. The molecule has 0 N–H and O–H groups in total. The zero-order valence-corrected chi connectivity index (χ0v) is 11.9. The molecule has 0 aliphatic heterocycles. The Morgan fingerprint density at radius 1 is 0.905 bits per heavy atom. The Kier molecular flexibility index (Phi) is 5.04. The van der Waals surface area contributed by atoms with Gasteiger partial charge in [-0.25, -0.2) is 8.78 Å². The molecular weight excluding hydrogens is 272 g/mol. The van der Waals surface area contributed by atoms with Crippen LogP contribution in [0.5, 0.6) is 0 Å². The van der Waals surface area contributed by atoms with Gasteiger partial charge >= 0.3 is 0 Å². The van der Waals surface area contributed by atoms with Crippen molar-refractivity contribution in [1.29, 1.82) is 0 Å². The van der Waals surface area contributed by atoms with E-state index in [0.29, 0.717) is 19.4 Å². The van der Waals surface area contributed by atoms with Crippen LogP contribution in [0.1, 0.15) is 17.5 Å². The van der Waals surface area contributed by atoms with E-state index < -0.39 is 0 Å². The summed E-state index contributed by atoms with van der Waals surface area (Å²) in [5.74, 6) is -0.564. The number of hydrogen-bond donors (Lipinski definition) is 0. The number of nitrogens with zero attached hydrogens (tertiary/aromatic N) is 1. The molecule has 2 nitrogen and oxygen atoms in total. The van der Waals surface area contributed by atoms with Gasteiger partial charge in [0, 0.05) is 20.0 Å². The number of aryl methyl sites for hydroxylation is 1. The minimum Gasteiger partial charge on any atom is -0.341 e. The lowest BCUT2D eigenvalue weighted by Crippen LogP contribution is -2.26. The lowest BCUT2D eigenvalue weighted by Gasteiger charge is -2.17. The number of hydrogen-bond acceptors (Lipinski definition) is 1. The standard InChI is InChI=1S/C17H17F2NO/c1-20(12-14-4-9-16(19)10-5-14)17(21)11-6-13-2-7-15(18)8-3-13/h2-5,7-10H,6,11-12H2,1H3. The van der Waals surface area contributed by atoms with Gasteiger partial charge in [0.1, 0.15) is 11.6 Å². The first kappa shape index (κ1) is 15.2. The number of amides is 1. The van der Waals surface area contributed by atoms with Crippen LogP contribution in [0.4, 0.5) is 8.78 Å². The number of benzene rings is 2. The summed E-state index contributed by atoms with van der Waals surface area (Å²) in [5.41, 5.74) is 1.81. The SMILES string of the molecule is CN(Cc1ccc(F)cc1)C(=O)CCc1ccc(F)cc1. The van der Waals surface area contributed by atoms with Gasteiger partial charge < -0.3 is 4.90 Å². The van der Waals surface area contributed by atoms with Crippen molar-refractivity contribution in [2.45, 2.75) is 19.4 Å². The molecule has 0 bridgehead atoms. The van der Waals surface area contributed by atoms with E-state index in [1.807, 2.05) is 0 Å². The molecule has 0 heterocycles. The van der Waals surface area contributed by atoms with E-state index in [4.69, 9.17) is 0 Å². The van der Waals surface area contributed by atoms with E-state index in [1.165, 1.54) is 24.3 Å². The maximum atomic E-state index is 12.8. The zero-order valence-electron chi connectivity index (χ0n) is 11.9. The third-order valence-corrected chi connectivity index (χ3v) is 3.30. The molecule has 0 saturated carbocycles. The monoisotopic (exact) mass is 289 g/mol. The quantitative estimate of drug-likeness (QED) is 0.824. The first-order chi connectivity index (χ1) is 10.0. The van der Waals surface area contributed by atoms with Crippen molar-refractivity contribution < 1.29 is 13.6 Å². The molecule has 0 saturated heterocycles. The topological polar surface area (TPSA) is 20.3 Å². The number of rotatable bonds is 5. The minimum absolute atomic E-state index is 0.00338. The van der Waals surface area contributed by atoms with Gasteiger partial charge in [0.15, 0.2) is 0 Å². The van der Waals surface area contributed by atoms with E-state index in [9.17, 15) is 13.6 Å². The number of carbonyl (C=O) groups excluding carboxylic acids is 1. The summed E-state index contributed by atoms with van der Waals surface area (Å²) >= 11 is 0. The summed E-state index contributed by atoms with van der Waals surface area (Å²) < 4.78 is 25.6. The lowest BCUT2D eigenvalue weighted by molar-refractivity contribution is -0.130. The third-order valence-electron chi connectivity index (χ3n) is 3.30. The first-order valence-corrected chi connectivity index (χ1v) is 6.77. The molecule has 2 rings (SSSR count). The molecule has 0 aliphatic carbocycles. The Balaban J connectivity index is 1.84. The van der Waals surface area contributed by atoms with Gasteiger partial charge in [0.25, 0.3) is 0 Å². The van der Waals surface area contributed by atoms with Crippen LogP contribution in [0.3, 0.4) is 0 Å². The highest BCUT2D eigenvalue weighted by molar-refractivity contribution is 5.76. The van der Waals surface area contributed by atoms with Gasteiger partial charge in [0.05, 0.1) is 0 Å². The maximum Gasteiger partial charge on any atom is 0.222 e. The van der Waals surface area contributed by atoms with Crippen molar-refractivity contribution in [1.82, 2.24) is 4.90 Å². The summed E-state index contributed by atoms with van der Waals surface area (Å²) in [6.07, 6.45) is 0.941. The second-order valence-electron chi connectivity index (χ2n) is 5.00. The second kappa shape index (κ2) is 6.97. The Morgan fingerprint density at radius 2 is 1.38 bits per heavy atom. The summed E-state index contributed by atoms with van der Waals surface area (Å²) in [6, 6.07) is 12.2. The van der Waals surface area contributed by atoms with Crippen LogP contribution in [0.2, 0.25) is 0 Å². The Hall–Kier alpha value is -2.23. The van der Waals surface area contributed by atoms with E-state index in [-0.39, 0.29) is 17.5 Å². The van der Waals surface area contributed by atoms with Crippen molar-refractivity contribution in [3.05, 3.63) is 71.3 Å². The summed E-state index contributed by atoms with van der Waals surface area (Å²) in [7, 11) is 1.72. The van der Waals surface area contributed by atoms with Gasteiger partial charge in [-0.1, -0.05) is 24.3 Å². The van der Waals surface area contributed by atoms with Crippen LogP contribution < -0.4 is 0 Å². The maximum absolute atomic E-state index is 12.8. The molecule has 0 aliphatic rings. The molecule has 0 aromatic heterocycles. The summed E-state index contributed by atoms with van der Waals surface area (Å²) in [6.45, 7) is 0.447. The molecular formula is C17H17F2NO. The highest BCUT2D eigenvalue weighted by Crippen LogP contribution is 2.09. The third kappa shape index (κ3) is 4.67. The fourth-order valence-electron chi connectivity index (χ4n) is 2.05. The number of halogens is 2. The Labute approximate surface area is 123 Å². The van der Waals surface area contributed by atoms with Crippen molar-refractivity contribution in [2.75, 3.05) is 7.05 Å². The minimum atomic E-state index is -0.288. The summed E-state index contributed by atoms with van der Waals surface area (Å²) in [5, 5.41) is 0. The van der Waals surface area contributed by atoms with Crippen molar-refractivity contribution in [3.8, 4) is 0 Å². The molecule has 2 aromatic carbocycles. The van der Waals surface area contributed by atoms with Gasteiger partial charge in [-0.2, -0.15) is 0 Å². The van der Waals surface area contributed by atoms with Gasteiger partial charge in [-0.15, -0.1) is 0 Å². The van der Waals surface area contributed by atoms with Crippen LogP contribution in [0, 0.1) is 11.6 Å². The largest absolute Gasteiger partial charge is 0.341 e. The van der Waals surface area contributed by atoms with Gasteiger partial charge in [-0.3, -0.25) is 4.79 Å². The average molecular weight is 289 g/mol. The van der Waals surface area contributed by atoms with Crippen molar-refractivity contribution >= 4 is 5.91 Å². The zero-order chi connectivity index (χ0) is 15.2. The fraction of sp³-hybridized carbons (Fsp3) is 0.235.